The Kier molecular flexibility index (Phi) is 7.66. The number of hydrogen-bond acceptors (Lipinski definition) is 4. The summed E-state index contributed by atoms with van der Waals surface area (Å²) in [6.07, 6.45) is 0. The Labute approximate surface area is 233 Å². The van der Waals surface area contributed by atoms with E-state index in [0.29, 0.717) is 5.56 Å². The van der Waals surface area contributed by atoms with Gasteiger partial charge < -0.3 is 0 Å². The molecular formula is C27H22F6NO4PS2. The third-order valence-electron chi connectivity index (χ3n) is 6.64. The van der Waals surface area contributed by atoms with Gasteiger partial charge in [-0.1, -0.05) is 0 Å². The van der Waals surface area contributed by atoms with Crippen LogP contribution in [0, 0.1) is 6.92 Å². The van der Waals surface area contributed by atoms with Gasteiger partial charge in [-0.3, -0.25) is 0 Å². The molecular weight excluding hydrogens is 611 g/mol. The first-order chi connectivity index (χ1) is 19.0. The molecule has 0 aliphatic carbocycles. The quantitative estimate of drug-likeness (QED) is 0.211. The summed E-state index contributed by atoms with van der Waals surface area (Å²) < 4.78 is 141. The molecule has 0 atom stereocenters. The van der Waals surface area contributed by atoms with Crippen LogP contribution in [0.1, 0.15) is 5.56 Å². The number of benzene rings is 4. The number of rotatable bonds is 7. The molecule has 0 bridgehead atoms. The molecule has 0 N–H and O–H groups in total. The molecule has 14 heteroatoms. The van der Waals surface area contributed by atoms with Crippen molar-refractivity contribution in [3.8, 4) is 0 Å². The predicted octanol–water partition coefficient (Wildman–Crippen LogP) is 5.07. The summed E-state index contributed by atoms with van der Waals surface area (Å²) in [7, 11) is -14.6. The number of hydrogen-bond donors (Lipinski definition) is 0. The zero-order valence-corrected chi connectivity index (χ0v) is 23.6. The molecule has 0 spiro atoms. The van der Waals surface area contributed by atoms with Gasteiger partial charge >= 0.3 is 233 Å². The van der Waals surface area contributed by atoms with Crippen LogP contribution in [0.25, 0.3) is 0 Å². The molecule has 0 unspecified atom stereocenters. The van der Waals surface area contributed by atoms with Crippen molar-refractivity contribution in [3.63, 3.8) is 0 Å². The zero-order chi connectivity index (χ0) is 30.3. The summed E-state index contributed by atoms with van der Waals surface area (Å²) in [5, 5.41) is -1.55. The van der Waals surface area contributed by atoms with Crippen molar-refractivity contribution in [3.05, 3.63) is 121 Å². The van der Waals surface area contributed by atoms with Crippen molar-refractivity contribution >= 4 is 48.0 Å². The van der Waals surface area contributed by atoms with Crippen LogP contribution in [-0.4, -0.2) is 31.3 Å². The van der Waals surface area contributed by atoms with E-state index >= 15 is 0 Å². The van der Waals surface area contributed by atoms with Gasteiger partial charge in [-0.25, -0.2) is 0 Å². The number of aryl methyl sites for hydroxylation is 1. The number of halogens is 6. The standard InChI is InChI=1S/C27H22F6NO4PS2/c1-21-17-19-25(20-18-21)39(22-11-5-2-6-12-22,23-13-7-3-8-14-23,24-15-9-4-10-16-24)34(40(35,36)26(28,29)30)41(37,38)27(31,32)33/h2-20H,1H3. The van der Waals surface area contributed by atoms with E-state index in [0.717, 1.165) is 36.4 Å². The third kappa shape index (κ3) is 4.37. The maximum atomic E-state index is 14.6. The van der Waals surface area contributed by atoms with Gasteiger partial charge in [0.25, 0.3) is 0 Å². The van der Waals surface area contributed by atoms with Crippen molar-refractivity contribution in [1.82, 2.24) is 3.48 Å². The number of sulfonamides is 2. The van der Waals surface area contributed by atoms with E-state index in [1.807, 2.05) is 0 Å². The molecule has 0 aromatic heterocycles. The van der Waals surface area contributed by atoms with Gasteiger partial charge in [0.1, 0.15) is 0 Å². The molecule has 0 saturated heterocycles. The van der Waals surface area contributed by atoms with E-state index in [1.165, 1.54) is 78.9 Å². The van der Waals surface area contributed by atoms with Gasteiger partial charge in [-0.15, -0.1) is 0 Å². The maximum absolute atomic E-state index is 14.6. The zero-order valence-electron chi connectivity index (χ0n) is 21.1. The summed E-state index contributed by atoms with van der Waals surface area (Å²) >= 11 is 0. The van der Waals surface area contributed by atoms with Crippen molar-refractivity contribution in [2.45, 2.75) is 17.9 Å². The van der Waals surface area contributed by atoms with Gasteiger partial charge in [0.05, 0.1) is 0 Å². The molecule has 0 aliphatic heterocycles. The van der Waals surface area contributed by atoms with Crippen LogP contribution in [0.2, 0.25) is 0 Å². The Morgan fingerprint density at radius 2 is 0.756 bits per heavy atom. The van der Waals surface area contributed by atoms with E-state index in [9.17, 15) is 43.2 Å². The van der Waals surface area contributed by atoms with Gasteiger partial charge in [-0.2, -0.15) is 0 Å². The summed E-state index contributed by atoms with van der Waals surface area (Å²) in [6, 6.07) is 23.9. The number of alkyl halides is 6. The van der Waals surface area contributed by atoms with Gasteiger partial charge in [-0.05, 0) is 0 Å². The fourth-order valence-corrected chi connectivity index (χ4v) is 18.7. The first-order valence-electron chi connectivity index (χ1n) is 11.7. The van der Waals surface area contributed by atoms with Crippen LogP contribution >= 0.6 is 6.75 Å². The van der Waals surface area contributed by atoms with Crippen LogP contribution in [0.5, 0.6) is 0 Å². The minimum absolute atomic E-state index is 0.383. The average molecular weight is 634 g/mol. The van der Waals surface area contributed by atoms with E-state index in [1.54, 1.807) is 6.92 Å². The summed E-state index contributed by atoms with van der Waals surface area (Å²) in [5.41, 5.74) is -12.4. The second kappa shape index (κ2) is 10.2. The Bertz CT molecular complexity index is 1600. The van der Waals surface area contributed by atoms with Crippen molar-refractivity contribution in [2.24, 2.45) is 0 Å². The fourth-order valence-electron chi connectivity index (χ4n) is 5.00. The van der Waals surface area contributed by atoms with E-state index in [2.05, 4.69) is 0 Å². The molecule has 41 heavy (non-hydrogen) atoms. The fraction of sp³-hybridized carbons (Fsp3) is 0.111. The molecule has 0 radical (unpaired) electrons. The molecule has 4 rings (SSSR count). The summed E-state index contributed by atoms with van der Waals surface area (Å²) in [4.78, 5) is 0. The monoisotopic (exact) mass is 633 g/mol. The average Bonchev–Trinajstić information content (AvgIpc) is 2.92. The SMILES string of the molecule is Cc1ccc(P(c2ccccc2)(c2ccccc2)(c2ccccc2)N(S(=O)(=O)C(F)(F)F)S(=O)(=O)C(F)(F)F)cc1. The topological polar surface area (TPSA) is 71.5 Å². The second-order valence-corrected chi connectivity index (χ2v) is 17.9. The predicted molar refractivity (Wildman–Crippen MR) is 148 cm³/mol. The van der Waals surface area contributed by atoms with Gasteiger partial charge in [0.2, 0.25) is 0 Å². The van der Waals surface area contributed by atoms with Crippen LogP contribution in [0.15, 0.2) is 115 Å². The third-order valence-corrected chi connectivity index (χ3v) is 18.9. The molecule has 0 heterocycles. The van der Waals surface area contributed by atoms with Crippen LogP contribution < -0.4 is 21.2 Å². The second-order valence-electron chi connectivity index (χ2n) is 8.99. The Morgan fingerprint density at radius 1 is 0.488 bits per heavy atom. The van der Waals surface area contributed by atoms with Crippen LogP contribution in [0.3, 0.4) is 0 Å². The molecule has 4 aromatic carbocycles. The van der Waals surface area contributed by atoms with Crippen LogP contribution in [0.4, 0.5) is 26.3 Å². The molecule has 5 nitrogen and oxygen atoms in total. The molecule has 0 amide bonds. The molecule has 0 saturated carbocycles. The van der Waals surface area contributed by atoms with Crippen molar-refractivity contribution in [2.75, 3.05) is 0 Å². The molecule has 0 fully saturated rings. The number of nitrogens with zero attached hydrogens (tertiary/aromatic N) is 1. The Hall–Kier alpha value is -3.25. The summed E-state index contributed by atoms with van der Waals surface area (Å²) in [5.74, 6) is 0. The Balaban J connectivity index is 2.58. The minimum atomic E-state index is -7.31. The molecule has 0 aliphatic rings. The van der Waals surface area contributed by atoms with Gasteiger partial charge in [0, 0.05) is 0 Å². The summed E-state index contributed by atoms with van der Waals surface area (Å²) in [6.45, 7) is -4.73. The van der Waals surface area contributed by atoms with Gasteiger partial charge in [0.15, 0.2) is 0 Å². The van der Waals surface area contributed by atoms with Crippen molar-refractivity contribution in [1.29, 1.82) is 0 Å². The molecule has 218 valence electrons. The Morgan fingerprint density at radius 3 is 1.02 bits per heavy atom. The first kappa shape index (κ1) is 30.7. The van der Waals surface area contributed by atoms with E-state index < -0.39 is 41.3 Å². The van der Waals surface area contributed by atoms with E-state index in [-0.39, 0.29) is 21.2 Å². The van der Waals surface area contributed by atoms with E-state index in [4.69, 9.17) is 0 Å². The van der Waals surface area contributed by atoms with Crippen LogP contribution in [-0.2, 0) is 20.0 Å². The van der Waals surface area contributed by atoms with Crippen molar-refractivity contribution < 1.29 is 43.2 Å². The normalized spacial score (nSPS) is 14.4. The molecule has 4 aromatic rings. The first-order valence-corrected chi connectivity index (χ1v) is 16.8.